The van der Waals surface area contributed by atoms with Gasteiger partial charge in [-0.3, -0.25) is 0 Å². The topological polar surface area (TPSA) is 14.2 Å². The standard InChI is InChI=1S/C19H19NO/c1-14-13-18(15-7-5-4-6-8-15)20(2)19(14)16-9-11-17(21-3)12-10-16/h4-13H,1-3H3. The van der Waals surface area contributed by atoms with E-state index in [0.717, 1.165) is 5.75 Å². The van der Waals surface area contributed by atoms with Crippen LogP contribution in [-0.2, 0) is 7.05 Å². The lowest BCUT2D eigenvalue weighted by atomic mass is 10.1. The number of aromatic nitrogens is 1. The molecule has 3 rings (SSSR count). The number of ether oxygens (including phenoxy) is 1. The fourth-order valence-corrected chi connectivity index (χ4v) is 2.81. The van der Waals surface area contributed by atoms with E-state index in [4.69, 9.17) is 4.74 Å². The van der Waals surface area contributed by atoms with E-state index in [2.05, 4.69) is 61.0 Å². The van der Waals surface area contributed by atoms with E-state index < -0.39 is 0 Å². The second-order valence-electron chi connectivity index (χ2n) is 5.21. The summed E-state index contributed by atoms with van der Waals surface area (Å²) in [6.07, 6.45) is 0. The van der Waals surface area contributed by atoms with E-state index in [1.165, 1.54) is 28.1 Å². The zero-order valence-corrected chi connectivity index (χ0v) is 12.6. The first-order valence-corrected chi connectivity index (χ1v) is 7.07. The molecule has 106 valence electrons. The van der Waals surface area contributed by atoms with E-state index in [9.17, 15) is 0 Å². The minimum atomic E-state index is 0.883. The molecule has 0 atom stereocenters. The van der Waals surface area contributed by atoms with Crippen LogP contribution in [0.1, 0.15) is 5.56 Å². The van der Waals surface area contributed by atoms with Crippen molar-refractivity contribution in [1.82, 2.24) is 4.57 Å². The molecule has 0 unspecified atom stereocenters. The van der Waals surface area contributed by atoms with Crippen LogP contribution >= 0.6 is 0 Å². The van der Waals surface area contributed by atoms with Crippen LogP contribution in [0.3, 0.4) is 0 Å². The van der Waals surface area contributed by atoms with Gasteiger partial charge in [0, 0.05) is 12.7 Å². The summed E-state index contributed by atoms with van der Waals surface area (Å²) in [5.74, 6) is 0.883. The number of rotatable bonds is 3. The van der Waals surface area contributed by atoms with Gasteiger partial charge in [-0.25, -0.2) is 0 Å². The predicted octanol–water partition coefficient (Wildman–Crippen LogP) is 4.68. The Morgan fingerprint density at radius 3 is 2.14 bits per heavy atom. The SMILES string of the molecule is COc1ccc(-c2c(C)cc(-c3ccccc3)n2C)cc1. The minimum absolute atomic E-state index is 0.883. The molecule has 21 heavy (non-hydrogen) atoms. The number of hydrogen-bond donors (Lipinski definition) is 0. The van der Waals surface area contributed by atoms with E-state index in [-0.39, 0.29) is 0 Å². The van der Waals surface area contributed by atoms with Crippen LogP contribution < -0.4 is 4.74 Å². The number of methoxy groups -OCH3 is 1. The quantitative estimate of drug-likeness (QED) is 0.678. The Bertz CT molecular complexity index is 739. The van der Waals surface area contributed by atoms with Crippen molar-refractivity contribution in [2.45, 2.75) is 6.92 Å². The summed E-state index contributed by atoms with van der Waals surface area (Å²) in [5, 5.41) is 0. The van der Waals surface area contributed by atoms with Crippen molar-refractivity contribution >= 4 is 0 Å². The summed E-state index contributed by atoms with van der Waals surface area (Å²) < 4.78 is 7.49. The summed E-state index contributed by atoms with van der Waals surface area (Å²) in [6, 6.07) is 21.0. The first-order valence-electron chi connectivity index (χ1n) is 7.07. The summed E-state index contributed by atoms with van der Waals surface area (Å²) >= 11 is 0. The lowest BCUT2D eigenvalue weighted by Gasteiger charge is -2.09. The van der Waals surface area contributed by atoms with Crippen molar-refractivity contribution in [2.75, 3.05) is 7.11 Å². The largest absolute Gasteiger partial charge is 0.497 e. The fraction of sp³-hybridized carbons (Fsp3) is 0.158. The molecule has 0 N–H and O–H groups in total. The van der Waals surface area contributed by atoms with Gasteiger partial charge in [0.15, 0.2) is 0 Å². The smallest absolute Gasteiger partial charge is 0.118 e. The molecular weight excluding hydrogens is 258 g/mol. The highest BCUT2D eigenvalue weighted by atomic mass is 16.5. The van der Waals surface area contributed by atoms with Crippen molar-refractivity contribution < 1.29 is 4.74 Å². The maximum atomic E-state index is 5.23. The van der Waals surface area contributed by atoms with Crippen LogP contribution in [0.15, 0.2) is 60.7 Å². The van der Waals surface area contributed by atoms with Gasteiger partial charge in [0.05, 0.1) is 12.8 Å². The Kier molecular flexibility index (Phi) is 3.53. The maximum Gasteiger partial charge on any atom is 0.118 e. The molecule has 3 aromatic rings. The third-order valence-corrected chi connectivity index (χ3v) is 3.86. The monoisotopic (exact) mass is 277 g/mol. The lowest BCUT2D eigenvalue weighted by molar-refractivity contribution is 0.415. The van der Waals surface area contributed by atoms with Crippen LogP contribution in [0, 0.1) is 6.92 Å². The van der Waals surface area contributed by atoms with Crippen molar-refractivity contribution in [3.63, 3.8) is 0 Å². The van der Waals surface area contributed by atoms with Crippen LogP contribution in [-0.4, -0.2) is 11.7 Å². The molecule has 0 saturated heterocycles. The van der Waals surface area contributed by atoms with E-state index >= 15 is 0 Å². The number of benzene rings is 2. The molecule has 0 radical (unpaired) electrons. The number of aryl methyl sites for hydroxylation is 1. The summed E-state index contributed by atoms with van der Waals surface area (Å²) in [7, 11) is 3.81. The van der Waals surface area contributed by atoms with Crippen LogP contribution in [0.25, 0.3) is 22.5 Å². The molecule has 0 bridgehead atoms. The second-order valence-corrected chi connectivity index (χ2v) is 5.21. The molecule has 2 heteroatoms. The third-order valence-electron chi connectivity index (χ3n) is 3.86. The molecule has 2 aromatic carbocycles. The molecule has 0 aliphatic carbocycles. The first-order chi connectivity index (χ1) is 10.2. The van der Waals surface area contributed by atoms with E-state index in [0.29, 0.717) is 0 Å². The van der Waals surface area contributed by atoms with Crippen molar-refractivity contribution in [2.24, 2.45) is 7.05 Å². The maximum absolute atomic E-state index is 5.23. The molecule has 2 nitrogen and oxygen atoms in total. The highest BCUT2D eigenvalue weighted by molar-refractivity contribution is 5.73. The molecule has 0 fully saturated rings. The highest BCUT2D eigenvalue weighted by Gasteiger charge is 2.12. The predicted molar refractivity (Wildman–Crippen MR) is 87.6 cm³/mol. The molecule has 0 spiro atoms. The number of hydrogen-bond acceptors (Lipinski definition) is 1. The molecule has 0 aliphatic rings. The lowest BCUT2D eigenvalue weighted by Crippen LogP contribution is -1.95. The van der Waals surface area contributed by atoms with Crippen LogP contribution in [0.4, 0.5) is 0 Å². The molecule has 1 heterocycles. The van der Waals surface area contributed by atoms with Crippen LogP contribution in [0.2, 0.25) is 0 Å². The second kappa shape index (κ2) is 5.49. The van der Waals surface area contributed by atoms with Gasteiger partial charge in [0.25, 0.3) is 0 Å². The van der Waals surface area contributed by atoms with Gasteiger partial charge in [-0.2, -0.15) is 0 Å². The molecule has 0 saturated carbocycles. The van der Waals surface area contributed by atoms with Crippen molar-refractivity contribution in [3.05, 3.63) is 66.2 Å². The Morgan fingerprint density at radius 2 is 1.52 bits per heavy atom. The normalized spacial score (nSPS) is 10.6. The zero-order valence-electron chi connectivity index (χ0n) is 12.6. The fourth-order valence-electron chi connectivity index (χ4n) is 2.81. The van der Waals surface area contributed by atoms with Gasteiger partial charge in [0.2, 0.25) is 0 Å². The van der Waals surface area contributed by atoms with Gasteiger partial charge in [-0.15, -0.1) is 0 Å². The third kappa shape index (κ3) is 2.45. The van der Waals surface area contributed by atoms with Gasteiger partial charge in [-0.1, -0.05) is 30.3 Å². The minimum Gasteiger partial charge on any atom is -0.497 e. The first kappa shape index (κ1) is 13.5. The van der Waals surface area contributed by atoms with Crippen molar-refractivity contribution in [3.8, 4) is 28.3 Å². The van der Waals surface area contributed by atoms with Gasteiger partial charge in [0.1, 0.15) is 5.75 Å². The average Bonchev–Trinajstić information content (AvgIpc) is 2.83. The zero-order chi connectivity index (χ0) is 14.8. The van der Waals surface area contributed by atoms with Gasteiger partial charge < -0.3 is 9.30 Å². The molecule has 0 amide bonds. The summed E-state index contributed by atoms with van der Waals surface area (Å²) in [5.41, 5.74) is 6.21. The van der Waals surface area contributed by atoms with Crippen molar-refractivity contribution in [1.29, 1.82) is 0 Å². The average molecular weight is 277 g/mol. The molecule has 0 aliphatic heterocycles. The highest BCUT2D eigenvalue weighted by Crippen LogP contribution is 2.32. The Labute approximate surface area is 125 Å². The van der Waals surface area contributed by atoms with E-state index in [1.54, 1.807) is 7.11 Å². The summed E-state index contributed by atoms with van der Waals surface area (Å²) in [6.45, 7) is 2.16. The molecular formula is C19H19NO. The number of nitrogens with zero attached hydrogens (tertiary/aromatic N) is 1. The van der Waals surface area contributed by atoms with E-state index in [1.807, 2.05) is 18.2 Å². The van der Waals surface area contributed by atoms with Crippen LogP contribution in [0.5, 0.6) is 5.75 Å². The van der Waals surface area contributed by atoms with Gasteiger partial charge in [-0.05, 0) is 53.9 Å². The Hall–Kier alpha value is -2.48. The Morgan fingerprint density at radius 1 is 0.857 bits per heavy atom. The summed E-state index contributed by atoms with van der Waals surface area (Å²) in [4.78, 5) is 0. The van der Waals surface area contributed by atoms with Gasteiger partial charge >= 0.3 is 0 Å². The Balaban J connectivity index is 2.09. The molecule has 1 aromatic heterocycles.